The number of carbonyl (C=O) groups excluding carboxylic acids is 1. The Balaban J connectivity index is 2.27. The number of hydrogen-bond donors (Lipinski definition) is 2. The Kier molecular flexibility index (Phi) is 6.31. The van der Waals surface area contributed by atoms with Gasteiger partial charge in [-0.3, -0.25) is 9.78 Å². The minimum absolute atomic E-state index is 0.0403. The van der Waals surface area contributed by atoms with Crippen molar-refractivity contribution in [1.82, 2.24) is 20.3 Å². The van der Waals surface area contributed by atoms with E-state index >= 15 is 0 Å². The molecule has 0 radical (unpaired) electrons. The Hall–Kier alpha value is -2.41. The summed E-state index contributed by atoms with van der Waals surface area (Å²) in [6.07, 6.45) is 2.37. The van der Waals surface area contributed by atoms with Crippen LogP contribution in [-0.4, -0.2) is 34.5 Å². The van der Waals surface area contributed by atoms with Gasteiger partial charge in [0.15, 0.2) is 16.7 Å². The lowest BCUT2D eigenvalue weighted by Crippen LogP contribution is -2.30. The van der Waals surface area contributed by atoms with Crippen molar-refractivity contribution in [2.45, 2.75) is 26.3 Å². The summed E-state index contributed by atoms with van der Waals surface area (Å²) in [4.78, 5) is 25.2. The van der Waals surface area contributed by atoms with Gasteiger partial charge in [0.1, 0.15) is 0 Å². The molecular weight excluding hydrogens is 330 g/mol. The molecule has 0 fully saturated rings. The Morgan fingerprint density at radius 2 is 2.12 bits per heavy atom. The fourth-order valence-corrected chi connectivity index (χ4v) is 2.36. The zero-order valence-electron chi connectivity index (χ0n) is 13.8. The number of ether oxygens (including phenoxy) is 1. The zero-order valence-corrected chi connectivity index (χ0v) is 14.6. The van der Waals surface area contributed by atoms with E-state index in [1.54, 1.807) is 6.20 Å². The van der Waals surface area contributed by atoms with Crippen LogP contribution < -0.4 is 15.4 Å². The molecule has 0 aliphatic rings. The van der Waals surface area contributed by atoms with E-state index in [0.29, 0.717) is 18.8 Å². The summed E-state index contributed by atoms with van der Waals surface area (Å²) >= 11 is 6.08. The molecule has 8 heteroatoms. The molecule has 2 aromatic rings. The number of pyridine rings is 1. The van der Waals surface area contributed by atoms with E-state index in [-0.39, 0.29) is 22.8 Å². The Morgan fingerprint density at radius 3 is 2.71 bits per heavy atom. The second-order valence-electron chi connectivity index (χ2n) is 4.94. The number of hydrogen-bond acceptors (Lipinski definition) is 6. The molecule has 7 nitrogen and oxygen atoms in total. The van der Waals surface area contributed by atoms with Crippen LogP contribution in [0, 0.1) is 0 Å². The van der Waals surface area contributed by atoms with Gasteiger partial charge in [0.25, 0.3) is 5.91 Å². The lowest BCUT2D eigenvalue weighted by atomic mass is 10.1. The molecule has 2 N–H and O–H groups in total. The highest BCUT2D eigenvalue weighted by Crippen LogP contribution is 2.24. The van der Waals surface area contributed by atoms with Gasteiger partial charge in [-0.15, -0.1) is 0 Å². The molecule has 0 aromatic carbocycles. The average Bonchev–Trinajstić information content (AvgIpc) is 2.61. The fraction of sp³-hybridized carbons (Fsp3) is 0.375. The first-order valence-electron chi connectivity index (χ1n) is 7.67. The number of carbonyl (C=O) groups is 1. The van der Waals surface area contributed by atoms with Crippen LogP contribution in [0.2, 0.25) is 5.15 Å². The van der Waals surface area contributed by atoms with Gasteiger partial charge in [-0.25, -0.2) is 4.98 Å². The summed E-state index contributed by atoms with van der Waals surface area (Å²) in [6, 6.07) is 5.32. The molecule has 0 aliphatic heterocycles. The van der Waals surface area contributed by atoms with Crippen molar-refractivity contribution in [1.29, 1.82) is 0 Å². The quantitative estimate of drug-likeness (QED) is 0.799. The van der Waals surface area contributed by atoms with Crippen LogP contribution in [0.15, 0.2) is 24.4 Å². The van der Waals surface area contributed by atoms with Crippen LogP contribution >= 0.6 is 11.6 Å². The number of amides is 1. The van der Waals surface area contributed by atoms with Gasteiger partial charge >= 0.3 is 0 Å². The van der Waals surface area contributed by atoms with Crippen molar-refractivity contribution < 1.29 is 9.53 Å². The lowest BCUT2D eigenvalue weighted by Gasteiger charge is -2.17. The second kappa shape index (κ2) is 8.44. The normalized spacial score (nSPS) is 11.7. The SMILES string of the molecule is CCNc1nc(OC)c(C(=O)NC(CC)c2ccccn2)nc1Cl. The molecule has 2 rings (SSSR count). The molecule has 0 aliphatic carbocycles. The van der Waals surface area contributed by atoms with Crippen LogP contribution in [-0.2, 0) is 0 Å². The summed E-state index contributed by atoms with van der Waals surface area (Å²) in [5.74, 6) is 0.0786. The van der Waals surface area contributed by atoms with E-state index in [2.05, 4.69) is 25.6 Å². The third kappa shape index (κ3) is 4.11. The minimum atomic E-state index is -0.415. The van der Waals surface area contributed by atoms with Crippen LogP contribution in [0.1, 0.15) is 42.5 Å². The summed E-state index contributed by atoms with van der Waals surface area (Å²) in [5.41, 5.74) is 0.814. The predicted molar refractivity (Wildman–Crippen MR) is 92.5 cm³/mol. The summed E-state index contributed by atoms with van der Waals surface area (Å²) in [7, 11) is 1.43. The molecule has 24 heavy (non-hydrogen) atoms. The first kappa shape index (κ1) is 17.9. The molecule has 1 unspecified atom stereocenters. The minimum Gasteiger partial charge on any atom is -0.479 e. The number of anilines is 1. The highest BCUT2D eigenvalue weighted by Gasteiger charge is 2.22. The van der Waals surface area contributed by atoms with Gasteiger partial charge in [0.2, 0.25) is 5.88 Å². The van der Waals surface area contributed by atoms with Gasteiger partial charge in [-0.2, -0.15) is 4.98 Å². The largest absolute Gasteiger partial charge is 0.479 e. The van der Waals surface area contributed by atoms with Crippen molar-refractivity contribution in [3.8, 4) is 5.88 Å². The van der Waals surface area contributed by atoms with Gasteiger partial charge in [-0.1, -0.05) is 24.6 Å². The lowest BCUT2D eigenvalue weighted by molar-refractivity contribution is 0.0925. The summed E-state index contributed by atoms with van der Waals surface area (Å²) in [6.45, 7) is 4.49. The molecule has 0 saturated heterocycles. The number of nitrogens with one attached hydrogen (secondary N) is 2. The average molecular weight is 350 g/mol. The van der Waals surface area contributed by atoms with Crippen molar-refractivity contribution in [2.24, 2.45) is 0 Å². The highest BCUT2D eigenvalue weighted by atomic mass is 35.5. The molecule has 1 amide bonds. The van der Waals surface area contributed by atoms with Crippen molar-refractivity contribution in [3.63, 3.8) is 0 Å². The monoisotopic (exact) mass is 349 g/mol. The van der Waals surface area contributed by atoms with E-state index in [9.17, 15) is 4.79 Å². The third-order valence-corrected chi connectivity index (χ3v) is 3.60. The second-order valence-corrected chi connectivity index (χ2v) is 5.30. The van der Waals surface area contributed by atoms with Gasteiger partial charge in [0.05, 0.1) is 18.8 Å². The van der Waals surface area contributed by atoms with Crippen molar-refractivity contribution >= 4 is 23.3 Å². The molecule has 2 heterocycles. The fourth-order valence-electron chi connectivity index (χ4n) is 2.16. The molecular formula is C16H20ClN5O2. The van der Waals surface area contributed by atoms with Crippen molar-refractivity contribution in [2.75, 3.05) is 19.0 Å². The maximum Gasteiger partial charge on any atom is 0.276 e. The first-order valence-corrected chi connectivity index (χ1v) is 8.05. The van der Waals surface area contributed by atoms with Crippen LogP contribution in [0.4, 0.5) is 5.82 Å². The smallest absolute Gasteiger partial charge is 0.276 e. The third-order valence-electron chi connectivity index (χ3n) is 3.33. The zero-order chi connectivity index (χ0) is 17.5. The van der Waals surface area contributed by atoms with E-state index < -0.39 is 5.91 Å². The van der Waals surface area contributed by atoms with Gasteiger partial charge < -0.3 is 15.4 Å². The maximum absolute atomic E-state index is 12.6. The molecule has 0 spiro atoms. The molecule has 0 saturated carbocycles. The number of nitrogens with zero attached hydrogens (tertiary/aromatic N) is 3. The Morgan fingerprint density at radius 1 is 1.33 bits per heavy atom. The number of halogens is 1. The number of methoxy groups -OCH3 is 1. The van der Waals surface area contributed by atoms with Crippen molar-refractivity contribution in [3.05, 3.63) is 40.9 Å². The van der Waals surface area contributed by atoms with Gasteiger partial charge in [0, 0.05) is 12.7 Å². The maximum atomic E-state index is 12.6. The van der Waals surface area contributed by atoms with Gasteiger partial charge in [-0.05, 0) is 25.5 Å². The molecule has 2 aromatic heterocycles. The topological polar surface area (TPSA) is 89.0 Å². The Bertz CT molecular complexity index is 696. The number of aromatic nitrogens is 3. The van der Waals surface area contributed by atoms with E-state index in [4.69, 9.17) is 16.3 Å². The standard InChI is InChI=1S/C16H20ClN5O2/c1-4-10(11-8-6-7-9-19-11)20-15(23)12-16(24-3)22-14(18-5-2)13(17)21-12/h6-10H,4-5H2,1-3H3,(H,18,22)(H,20,23). The van der Waals surface area contributed by atoms with Crippen LogP contribution in [0.3, 0.4) is 0 Å². The Labute approximate surface area is 145 Å². The predicted octanol–water partition coefficient (Wildman–Crippen LogP) is 2.85. The van der Waals surface area contributed by atoms with E-state index in [0.717, 1.165) is 5.69 Å². The summed E-state index contributed by atoms with van der Waals surface area (Å²) < 4.78 is 5.18. The summed E-state index contributed by atoms with van der Waals surface area (Å²) in [5, 5.41) is 5.98. The molecule has 128 valence electrons. The molecule has 0 bridgehead atoms. The number of rotatable bonds is 7. The van der Waals surface area contributed by atoms with E-state index in [1.807, 2.05) is 32.0 Å². The van der Waals surface area contributed by atoms with Crippen LogP contribution in [0.5, 0.6) is 5.88 Å². The van der Waals surface area contributed by atoms with Crippen LogP contribution in [0.25, 0.3) is 0 Å². The first-order chi connectivity index (χ1) is 11.6. The van der Waals surface area contributed by atoms with E-state index in [1.165, 1.54) is 7.11 Å². The highest BCUT2D eigenvalue weighted by molar-refractivity contribution is 6.31. The molecule has 1 atom stereocenters.